The van der Waals surface area contributed by atoms with Gasteiger partial charge in [0.1, 0.15) is 0 Å². The Labute approximate surface area is 187 Å². The third kappa shape index (κ3) is 5.38. The molecule has 0 bridgehead atoms. The molecule has 0 saturated heterocycles. The van der Waals surface area contributed by atoms with E-state index >= 15 is 0 Å². The minimum absolute atomic E-state index is 0.165. The number of amides is 2. The molecule has 2 heterocycles. The molecular weight excluding hydrogens is 444 g/mol. The van der Waals surface area contributed by atoms with Crippen molar-refractivity contribution in [1.82, 2.24) is 25.1 Å². The highest BCUT2D eigenvalue weighted by atomic mass is 35.5. The summed E-state index contributed by atoms with van der Waals surface area (Å²) in [5, 5.41) is 17.5. The molecule has 1 atom stereocenters. The lowest BCUT2D eigenvalue weighted by Crippen LogP contribution is -2.29. The quantitative estimate of drug-likeness (QED) is 0.489. The van der Waals surface area contributed by atoms with Crippen LogP contribution in [0.3, 0.4) is 0 Å². The zero-order valence-corrected chi connectivity index (χ0v) is 19.1. The van der Waals surface area contributed by atoms with Crippen LogP contribution < -0.4 is 10.6 Å². The molecular formula is C19H21ClN6O2S2. The Morgan fingerprint density at radius 1 is 1.30 bits per heavy atom. The first-order valence-electron chi connectivity index (χ1n) is 9.22. The van der Waals surface area contributed by atoms with Gasteiger partial charge in [0.15, 0.2) is 16.1 Å². The predicted octanol–water partition coefficient (Wildman–Crippen LogP) is 3.94. The summed E-state index contributed by atoms with van der Waals surface area (Å²) >= 11 is 8.77. The number of nitrogens with zero attached hydrogens (tertiary/aromatic N) is 4. The molecule has 3 aromatic rings. The average Bonchev–Trinajstić information content (AvgIpc) is 3.32. The SMILES string of the molecule is CCn1c(SCC(=O)Nc2nc(C)cs2)nnc1[C@H](C)NC(=O)c1ccccc1Cl. The Hall–Kier alpha value is -2.43. The average molecular weight is 465 g/mol. The Morgan fingerprint density at radius 3 is 2.73 bits per heavy atom. The highest BCUT2D eigenvalue weighted by molar-refractivity contribution is 7.99. The van der Waals surface area contributed by atoms with E-state index < -0.39 is 0 Å². The molecule has 0 fully saturated rings. The van der Waals surface area contributed by atoms with Crippen molar-refractivity contribution in [3.63, 3.8) is 0 Å². The summed E-state index contributed by atoms with van der Waals surface area (Å²) in [7, 11) is 0. The number of halogens is 1. The largest absolute Gasteiger partial charge is 0.342 e. The van der Waals surface area contributed by atoms with Crippen LogP contribution in [0.15, 0.2) is 34.8 Å². The maximum absolute atomic E-state index is 12.5. The second-order valence-electron chi connectivity index (χ2n) is 6.39. The number of thioether (sulfide) groups is 1. The molecule has 0 radical (unpaired) electrons. The van der Waals surface area contributed by atoms with Crippen molar-refractivity contribution in [3.8, 4) is 0 Å². The number of rotatable bonds is 8. The zero-order chi connectivity index (χ0) is 21.7. The van der Waals surface area contributed by atoms with Gasteiger partial charge in [0.25, 0.3) is 5.91 Å². The van der Waals surface area contributed by atoms with Gasteiger partial charge >= 0.3 is 0 Å². The van der Waals surface area contributed by atoms with Gasteiger partial charge in [-0.2, -0.15) is 0 Å². The van der Waals surface area contributed by atoms with Crippen molar-refractivity contribution >= 4 is 51.6 Å². The van der Waals surface area contributed by atoms with Gasteiger partial charge in [-0.3, -0.25) is 9.59 Å². The minimum Gasteiger partial charge on any atom is -0.342 e. The van der Waals surface area contributed by atoms with Crippen LogP contribution >= 0.6 is 34.7 Å². The summed E-state index contributed by atoms with van der Waals surface area (Å²) < 4.78 is 1.88. The van der Waals surface area contributed by atoms with Gasteiger partial charge < -0.3 is 15.2 Å². The van der Waals surface area contributed by atoms with Gasteiger partial charge in [0.05, 0.1) is 28.1 Å². The van der Waals surface area contributed by atoms with Crippen molar-refractivity contribution < 1.29 is 9.59 Å². The van der Waals surface area contributed by atoms with Crippen LogP contribution in [0, 0.1) is 6.92 Å². The number of hydrogen-bond donors (Lipinski definition) is 2. The molecule has 30 heavy (non-hydrogen) atoms. The van der Waals surface area contributed by atoms with Crippen LogP contribution in [0.4, 0.5) is 5.13 Å². The Bertz CT molecular complexity index is 1050. The van der Waals surface area contributed by atoms with E-state index in [-0.39, 0.29) is 23.6 Å². The monoisotopic (exact) mass is 464 g/mol. The minimum atomic E-state index is -0.386. The van der Waals surface area contributed by atoms with Crippen molar-refractivity contribution in [3.05, 3.63) is 51.7 Å². The molecule has 2 amide bonds. The van der Waals surface area contributed by atoms with Gasteiger partial charge in [-0.05, 0) is 32.9 Å². The fourth-order valence-corrected chi connectivity index (χ4v) is 4.44. The number of aryl methyl sites for hydroxylation is 1. The molecule has 11 heteroatoms. The second-order valence-corrected chi connectivity index (χ2v) is 8.60. The van der Waals surface area contributed by atoms with Crippen molar-refractivity contribution in [2.24, 2.45) is 0 Å². The van der Waals surface area contributed by atoms with Crippen molar-refractivity contribution in [2.75, 3.05) is 11.1 Å². The number of thiazole rings is 1. The van der Waals surface area contributed by atoms with Crippen LogP contribution in [0.25, 0.3) is 0 Å². The molecule has 0 saturated carbocycles. The summed E-state index contributed by atoms with van der Waals surface area (Å²) in [6.45, 7) is 6.26. The molecule has 0 aliphatic carbocycles. The molecule has 0 aliphatic heterocycles. The van der Waals surface area contributed by atoms with Crippen LogP contribution in [-0.4, -0.2) is 37.3 Å². The highest BCUT2D eigenvalue weighted by Crippen LogP contribution is 2.22. The number of aromatic nitrogens is 4. The van der Waals surface area contributed by atoms with Crippen LogP contribution in [-0.2, 0) is 11.3 Å². The van der Waals surface area contributed by atoms with Gasteiger partial charge in [-0.15, -0.1) is 21.5 Å². The maximum atomic E-state index is 12.5. The Kier molecular flexibility index (Phi) is 7.46. The molecule has 0 aliphatic rings. The van der Waals surface area contributed by atoms with E-state index in [1.165, 1.54) is 23.1 Å². The molecule has 2 N–H and O–H groups in total. The number of hydrogen-bond acceptors (Lipinski definition) is 7. The molecule has 8 nitrogen and oxygen atoms in total. The molecule has 0 unspecified atom stereocenters. The van der Waals surface area contributed by atoms with Gasteiger partial charge in [0.2, 0.25) is 5.91 Å². The first kappa shape index (κ1) is 22.3. The summed E-state index contributed by atoms with van der Waals surface area (Å²) in [6.07, 6.45) is 0. The first-order chi connectivity index (χ1) is 14.4. The summed E-state index contributed by atoms with van der Waals surface area (Å²) in [5.41, 5.74) is 1.27. The van der Waals surface area contributed by atoms with Gasteiger partial charge in [0, 0.05) is 11.9 Å². The molecule has 3 rings (SSSR count). The lowest BCUT2D eigenvalue weighted by Gasteiger charge is -2.15. The zero-order valence-electron chi connectivity index (χ0n) is 16.7. The number of nitrogens with one attached hydrogen (secondary N) is 2. The summed E-state index contributed by atoms with van der Waals surface area (Å²) in [4.78, 5) is 28.9. The maximum Gasteiger partial charge on any atom is 0.253 e. The van der Waals surface area contributed by atoms with Gasteiger partial charge in [-0.1, -0.05) is 35.5 Å². The topological polar surface area (TPSA) is 102 Å². The van der Waals surface area contributed by atoms with E-state index in [1.54, 1.807) is 24.3 Å². The molecule has 1 aromatic carbocycles. The van der Waals surface area contributed by atoms with Crippen LogP contribution in [0.5, 0.6) is 0 Å². The smallest absolute Gasteiger partial charge is 0.253 e. The molecule has 158 valence electrons. The van der Waals surface area contributed by atoms with Crippen molar-refractivity contribution in [2.45, 2.75) is 38.5 Å². The first-order valence-corrected chi connectivity index (χ1v) is 11.5. The second kappa shape index (κ2) is 10.1. The fourth-order valence-electron chi connectivity index (χ4n) is 2.71. The third-order valence-corrected chi connectivity index (χ3v) is 6.28. The lowest BCUT2D eigenvalue weighted by molar-refractivity contribution is -0.113. The van der Waals surface area contributed by atoms with E-state index in [2.05, 4.69) is 25.8 Å². The van der Waals surface area contributed by atoms with Crippen LogP contribution in [0.1, 0.15) is 41.8 Å². The van der Waals surface area contributed by atoms with E-state index in [0.29, 0.717) is 33.2 Å². The van der Waals surface area contributed by atoms with Crippen LogP contribution in [0.2, 0.25) is 5.02 Å². The normalized spacial score (nSPS) is 11.9. The highest BCUT2D eigenvalue weighted by Gasteiger charge is 2.21. The number of carbonyl (C=O) groups is 2. The molecule has 2 aromatic heterocycles. The Morgan fingerprint density at radius 2 is 2.07 bits per heavy atom. The standard InChI is InChI=1S/C19H21ClN6O2S2/c1-4-26-16(12(3)22-17(28)13-7-5-6-8-14(13)20)24-25-19(26)30-10-15(27)23-18-21-11(2)9-29-18/h5-9,12H,4,10H2,1-3H3,(H,22,28)(H,21,23,27)/t12-/m0/s1. The number of benzene rings is 1. The molecule has 0 spiro atoms. The third-order valence-electron chi connectivity index (χ3n) is 4.11. The van der Waals surface area contributed by atoms with E-state index in [0.717, 1.165) is 5.69 Å². The van der Waals surface area contributed by atoms with Crippen molar-refractivity contribution in [1.29, 1.82) is 0 Å². The van der Waals surface area contributed by atoms with E-state index in [9.17, 15) is 9.59 Å². The van der Waals surface area contributed by atoms with E-state index in [4.69, 9.17) is 11.6 Å². The lowest BCUT2D eigenvalue weighted by atomic mass is 10.2. The Balaban J connectivity index is 1.63. The number of anilines is 1. The summed E-state index contributed by atoms with van der Waals surface area (Å²) in [5.74, 6) is 0.334. The summed E-state index contributed by atoms with van der Waals surface area (Å²) in [6, 6.07) is 6.47. The van der Waals surface area contributed by atoms with Gasteiger partial charge in [-0.25, -0.2) is 4.98 Å². The number of carbonyl (C=O) groups excluding carboxylic acids is 2. The predicted molar refractivity (Wildman–Crippen MR) is 119 cm³/mol. The van der Waals surface area contributed by atoms with E-state index in [1.807, 2.05) is 30.7 Å². The fraction of sp³-hybridized carbons (Fsp3) is 0.316.